The number of amides is 3. The molecule has 0 spiro atoms. The van der Waals surface area contributed by atoms with Crippen LogP contribution in [0.4, 0.5) is 0 Å². The molecule has 3 aliphatic rings. The number of hydrogen-bond donors (Lipinski definition) is 2. The van der Waals surface area contributed by atoms with Gasteiger partial charge in [-0.15, -0.1) is 0 Å². The molecule has 2 saturated carbocycles. The van der Waals surface area contributed by atoms with E-state index in [-0.39, 0.29) is 23.8 Å². The fourth-order valence-corrected chi connectivity index (χ4v) is 6.93. The molecular weight excluding hydrogens is 464 g/mol. The number of likely N-dealkylation sites (tertiary alicyclic amines) is 1. The second-order valence-electron chi connectivity index (χ2n) is 11.1. The summed E-state index contributed by atoms with van der Waals surface area (Å²) in [6.45, 7) is 2.17. The Hall–Kier alpha value is -3.09. The van der Waals surface area contributed by atoms with Crippen LogP contribution in [0.25, 0.3) is 17.0 Å². The third kappa shape index (κ3) is 5.05. The summed E-state index contributed by atoms with van der Waals surface area (Å²) in [5.74, 6) is -0.157. The second kappa shape index (κ2) is 11.1. The zero-order valence-electron chi connectivity index (χ0n) is 22.0. The van der Waals surface area contributed by atoms with E-state index >= 15 is 0 Å². The van der Waals surface area contributed by atoms with Crippen LogP contribution in [0.15, 0.2) is 36.7 Å². The fourth-order valence-electron chi connectivity index (χ4n) is 6.93. The van der Waals surface area contributed by atoms with E-state index in [1.807, 2.05) is 35.4 Å². The number of benzene rings is 1. The third-order valence-electron chi connectivity index (χ3n) is 8.78. The molecule has 1 aromatic carbocycles. The first-order valence-electron chi connectivity index (χ1n) is 14.2. The first-order valence-corrected chi connectivity index (χ1v) is 14.2. The normalized spacial score (nSPS) is 22.4. The topological polar surface area (TPSA) is 85.5 Å². The highest BCUT2D eigenvalue weighted by molar-refractivity contribution is 5.96. The molecule has 7 nitrogen and oxygen atoms in total. The van der Waals surface area contributed by atoms with E-state index in [0.29, 0.717) is 25.8 Å². The molecule has 1 atom stereocenters. The van der Waals surface area contributed by atoms with Gasteiger partial charge in [0.1, 0.15) is 11.6 Å². The Kier molecular flexibility index (Phi) is 7.68. The average molecular weight is 505 g/mol. The molecule has 0 bridgehead atoms. The molecule has 0 unspecified atom stereocenters. The molecule has 37 heavy (non-hydrogen) atoms. The summed E-state index contributed by atoms with van der Waals surface area (Å²) >= 11 is 0. The van der Waals surface area contributed by atoms with Crippen LogP contribution < -0.4 is 5.32 Å². The molecule has 198 valence electrons. The number of aromatic nitrogens is 1. The minimum atomic E-state index is -0.868. The zero-order chi connectivity index (χ0) is 25.8. The molecule has 2 aromatic rings. The number of rotatable bonds is 6. The van der Waals surface area contributed by atoms with Gasteiger partial charge in [-0.3, -0.25) is 14.4 Å². The lowest BCUT2D eigenvalue weighted by Gasteiger charge is -2.50. The van der Waals surface area contributed by atoms with E-state index in [9.17, 15) is 14.4 Å². The number of hydrogen-bond acceptors (Lipinski definition) is 3. The first-order chi connectivity index (χ1) is 18.0. The van der Waals surface area contributed by atoms with Crippen molar-refractivity contribution in [2.45, 2.75) is 102 Å². The van der Waals surface area contributed by atoms with Crippen molar-refractivity contribution >= 4 is 34.7 Å². The molecular formula is C30H40N4O3. The van der Waals surface area contributed by atoms with E-state index < -0.39 is 11.6 Å². The lowest BCUT2D eigenvalue weighted by molar-refractivity contribution is -0.159. The van der Waals surface area contributed by atoms with E-state index in [1.165, 1.54) is 6.42 Å². The van der Waals surface area contributed by atoms with Crippen molar-refractivity contribution in [3.63, 3.8) is 0 Å². The van der Waals surface area contributed by atoms with E-state index in [0.717, 1.165) is 67.8 Å². The minimum Gasteiger partial charge on any atom is -0.361 e. The van der Waals surface area contributed by atoms with Gasteiger partial charge in [-0.25, -0.2) is 0 Å². The van der Waals surface area contributed by atoms with Gasteiger partial charge in [-0.05, 0) is 50.7 Å². The summed E-state index contributed by atoms with van der Waals surface area (Å²) < 4.78 is 0. The van der Waals surface area contributed by atoms with Crippen LogP contribution in [0.2, 0.25) is 0 Å². The number of nitrogens with one attached hydrogen (secondary N) is 2. The number of H-pyrrole nitrogens is 1. The van der Waals surface area contributed by atoms with E-state index in [1.54, 1.807) is 18.0 Å². The molecule has 2 heterocycles. The van der Waals surface area contributed by atoms with Crippen molar-refractivity contribution < 1.29 is 14.4 Å². The van der Waals surface area contributed by atoms with Crippen LogP contribution in [0.3, 0.4) is 0 Å². The smallest absolute Gasteiger partial charge is 0.249 e. The van der Waals surface area contributed by atoms with Crippen molar-refractivity contribution in [2.75, 3.05) is 6.54 Å². The summed E-state index contributed by atoms with van der Waals surface area (Å²) in [5.41, 5.74) is 1.20. The van der Waals surface area contributed by atoms with Crippen LogP contribution in [0.5, 0.6) is 0 Å². The van der Waals surface area contributed by atoms with Gasteiger partial charge in [0.25, 0.3) is 0 Å². The Labute approximate surface area is 219 Å². The van der Waals surface area contributed by atoms with Gasteiger partial charge >= 0.3 is 0 Å². The largest absolute Gasteiger partial charge is 0.361 e. The molecule has 3 amide bonds. The van der Waals surface area contributed by atoms with Crippen molar-refractivity contribution in [1.82, 2.24) is 20.1 Å². The standard InChI is InChI=1S/C30H40N4O3/c1-22(35)33-20-10-15-27(33)28(36)34(24-11-4-2-5-12-24)30(17-8-3-9-18-30)29(37)31-19-16-23-21-32-26-14-7-6-13-25(23)26/h6-7,13-14,16,19,21,24,27,32H,2-5,8-12,15,17-18,20H2,1H3,(H,31,37)/b19-16-/t27-/m0/s1. The van der Waals surface area contributed by atoms with Gasteiger partial charge in [0.2, 0.25) is 17.7 Å². The summed E-state index contributed by atoms with van der Waals surface area (Å²) in [7, 11) is 0. The van der Waals surface area contributed by atoms with Gasteiger partial charge in [0.05, 0.1) is 0 Å². The summed E-state index contributed by atoms with van der Waals surface area (Å²) in [6.07, 6.45) is 16.6. The van der Waals surface area contributed by atoms with Gasteiger partial charge in [0, 0.05) is 48.4 Å². The highest BCUT2D eigenvalue weighted by Gasteiger charge is 2.52. The van der Waals surface area contributed by atoms with E-state index in [2.05, 4.69) is 16.4 Å². The highest BCUT2D eigenvalue weighted by atomic mass is 16.2. The second-order valence-corrected chi connectivity index (χ2v) is 11.1. The van der Waals surface area contributed by atoms with Crippen molar-refractivity contribution in [2.24, 2.45) is 0 Å². The Bertz CT molecular complexity index is 1160. The molecule has 2 N–H and O–H groups in total. The van der Waals surface area contributed by atoms with Gasteiger partial charge in [-0.2, -0.15) is 0 Å². The average Bonchev–Trinajstić information content (AvgIpc) is 3.58. The molecule has 1 aromatic heterocycles. The van der Waals surface area contributed by atoms with Crippen LogP contribution >= 0.6 is 0 Å². The summed E-state index contributed by atoms with van der Waals surface area (Å²) in [6, 6.07) is 7.69. The number of carbonyl (C=O) groups is 3. The molecule has 5 rings (SSSR count). The van der Waals surface area contributed by atoms with Crippen molar-refractivity contribution in [3.05, 3.63) is 42.2 Å². The summed E-state index contributed by atoms with van der Waals surface area (Å²) in [5, 5.41) is 4.19. The third-order valence-corrected chi connectivity index (χ3v) is 8.78. The summed E-state index contributed by atoms with van der Waals surface area (Å²) in [4.78, 5) is 47.7. The Morgan fingerprint density at radius 1 is 1.00 bits per heavy atom. The number of nitrogens with zero attached hydrogens (tertiary/aromatic N) is 2. The maximum atomic E-state index is 14.3. The Balaban J connectivity index is 1.44. The van der Waals surface area contributed by atoms with Crippen LogP contribution in [-0.2, 0) is 14.4 Å². The van der Waals surface area contributed by atoms with Crippen LogP contribution in [0.1, 0.15) is 89.5 Å². The van der Waals surface area contributed by atoms with Crippen molar-refractivity contribution in [3.8, 4) is 0 Å². The maximum absolute atomic E-state index is 14.3. The lowest BCUT2D eigenvalue weighted by atomic mass is 9.76. The Morgan fingerprint density at radius 3 is 2.49 bits per heavy atom. The van der Waals surface area contributed by atoms with E-state index in [4.69, 9.17) is 0 Å². The number of para-hydroxylation sites is 1. The Morgan fingerprint density at radius 2 is 1.73 bits per heavy atom. The van der Waals surface area contributed by atoms with Gasteiger partial charge in [-0.1, -0.05) is 56.7 Å². The molecule has 3 fully saturated rings. The SMILES string of the molecule is CC(=O)N1CCC[C@H]1C(=O)N(C1CCCCC1)C1(C(=O)N/C=C\c2c[nH]c3ccccc23)CCCCC1. The molecule has 1 aliphatic heterocycles. The molecule has 7 heteroatoms. The highest BCUT2D eigenvalue weighted by Crippen LogP contribution is 2.40. The monoisotopic (exact) mass is 504 g/mol. The van der Waals surface area contributed by atoms with Crippen LogP contribution in [-0.4, -0.2) is 56.7 Å². The maximum Gasteiger partial charge on any atom is 0.249 e. The first kappa shape index (κ1) is 25.6. The fraction of sp³-hybridized carbons (Fsp3) is 0.567. The van der Waals surface area contributed by atoms with Gasteiger partial charge < -0.3 is 20.1 Å². The minimum absolute atomic E-state index is 0.0164. The number of aromatic amines is 1. The molecule has 0 radical (unpaired) electrons. The molecule has 2 aliphatic carbocycles. The zero-order valence-corrected chi connectivity index (χ0v) is 22.0. The predicted octanol–water partition coefficient (Wildman–Crippen LogP) is 5.13. The number of fused-ring (bicyclic) bond motifs is 1. The molecule has 1 saturated heterocycles. The van der Waals surface area contributed by atoms with Crippen LogP contribution in [0, 0.1) is 0 Å². The van der Waals surface area contributed by atoms with Gasteiger partial charge in [0.15, 0.2) is 0 Å². The van der Waals surface area contributed by atoms with Crippen molar-refractivity contribution in [1.29, 1.82) is 0 Å². The lowest BCUT2D eigenvalue weighted by Crippen LogP contribution is -2.66. The quantitative estimate of drug-likeness (QED) is 0.572. The number of carbonyl (C=O) groups excluding carboxylic acids is 3. The predicted molar refractivity (Wildman–Crippen MR) is 145 cm³/mol.